The Labute approximate surface area is 175 Å². The monoisotopic (exact) mass is 408 g/mol. The number of nitrogens with zero attached hydrogens (tertiary/aromatic N) is 2. The van der Waals surface area contributed by atoms with Gasteiger partial charge < -0.3 is 4.90 Å². The van der Waals surface area contributed by atoms with Crippen LogP contribution in [0.5, 0.6) is 0 Å². The maximum atomic E-state index is 13.1. The standard InChI is InChI=1S/C24H25FN2OS/c1-17-15-27(18(2)14-26(17)16-19-7-9-21(25)10-8-19)24(28)12-11-22-13-20-5-3-4-6-23(20)29-22/h3-13,17-18H,14-16H2,1-2H3/b12-11+/t17-,18+/m0/s1. The van der Waals surface area contributed by atoms with Gasteiger partial charge in [-0.1, -0.05) is 30.3 Å². The minimum Gasteiger partial charge on any atom is -0.334 e. The lowest BCUT2D eigenvalue weighted by molar-refractivity contribution is -0.131. The van der Waals surface area contributed by atoms with E-state index >= 15 is 0 Å². The quantitative estimate of drug-likeness (QED) is 0.556. The van der Waals surface area contributed by atoms with Crippen molar-refractivity contribution >= 4 is 33.4 Å². The summed E-state index contributed by atoms with van der Waals surface area (Å²) in [6.45, 7) is 6.50. The highest BCUT2D eigenvalue weighted by molar-refractivity contribution is 7.19. The summed E-state index contributed by atoms with van der Waals surface area (Å²) in [5.41, 5.74) is 1.09. The molecular formula is C24H25FN2OS. The first-order chi connectivity index (χ1) is 14.0. The number of fused-ring (bicyclic) bond motifs is 1. The van der Waals surface area contributed by atoms with E-state index in [-0.39, 0.29) is 23.8 Å². The highest BCUT2D eigenvalue weighted by Gasteiger charge is 2.30. The third-order valence-electron chi connectivity index (χ3n) is 5.53. The Morgan fingerprint density at radius 3 is 2.62 bits per heavy atom. The second-order valence-electron chi connectivity index (χ2n) is 7.76. The Kier molecular flexibility index (Phi) is 5.79. The normalized spacial score (nSPS) is 20.6. The molecule has 0 N–H and O–H groups in total. The van der Waals surface area contributed by atoms with Gasteiger partial charge in [-0.2, -0.15) is 0 Å². The third kappa shape index (κ3) is 4.57. The molecule has 3 nitrogen and oxygen atoms in total. The van der Waals surface area contributed by atoms with E-state index in [0.717, 1.165) is 23.5 Å². The van der Waals surface area contributed by atoms with Crippen LogP contribution in [-0.2, 0) is 11.3 Å². The molecule has 0 unspecified atom stereocenters. The van der Waals surface area contributed by atoms with Crippen molar-refractivity contribution < 1.29 is 9.18 Å². The van der Waals surface area contributed by atoms with Crippen LogP contribution in [0.25, 0.3) is 16.2 Å². The first-order valence-corrected chi connectivity index (χ1v) is 10.8. The Balaban J connectivity index is 1.40. The Bertz CT molecular complexity index is 994. The van der Waals surface area contributed by atoms with E-state index < -0.39 is 0 Å². The van der Waals surface area contributed by atoms with Crippen LogP contribution in [0.15, 0.2) is 60.7 Å². The molecule has 1 amide bonds. The van der Waals surface area contributed by atoms with Gasteiger partial charge in [0.15, 0.2) is 0 Å². The van der Waals surface area contributed by atoms with E-state index in [1.54, 1.807) is 17.4 Å². The second-order valence-corrected chi connectivity index (χ2v) is 8.88. The molecule has 1 saturated heterocycles. The van der Waals surface area contributed by atoms with E-state index in [9.17, 15) is 9.18 Å². The van der Waals surface area contributed by atoms with Gasteiger partial charge in [0.2, 0.25) is 5.91 Å². The van der Waals surface area contributed by atoms with Gasteiger partial charge in [-0.25, -0.2) is 4.39 Å². The molecule has 1 aliphatic heterocycles. The van der Waals surface area contributed by atoms with Gasteiger partial charge in [-0.05, 0) is 55.1 Å². The number of amides is 1. The van der Waals surface area contributed by atoms with Crippen LogP contribution in [0.3, 0.4) is 0 Å². The Hall–Kier alpha value is -2.50. The first kappa shape index (κ1) is 19.8. The molecule has 0 saturated carbocycles. The number of hydrogen-bond acceptors (Lipinski definition) is 3. The molecule has 0 bridgehead atoms. The van der Waals surface area contributed by atoms with Crippen LogP contribution in [0.2, 0.25) is 0 Å². The predicted molar refractivity (Wildman–Crippen MR) is 118 cm³/mol. The van der Waals surface area contributed by atoms with Crippen molar-refractivity contribution in [1.29, 1.82) is 0 Å². The van der Waals surface area contributed by atoms with Gasteiger partial charge >= 0.3 is 0 Å². The topological polar surface area (TPSA) is 23.6 Å². The van der Waals surface area contributed by atoms with E-state index in [1.807, 2.05) is 35.2 Å². The van der Waals surface area contributed by atoms with E-state index in [2.05, 4.69) is 36.9 Å². The number of carbonyl (C=O) groups is 1. The van der Waals surface area contributed by atoms with Gasteiger partial charge in [-0.15, -0.1) is 11.3 Å². The van der Waals surface area contributed by atoms with Crippen molar-refractivity contribution in [2.24, 2.45) is 0 Å². The molecule has 0 radical (unpaired) electrons. The molecule has 1 fully saturated rings. The summed E-state index contributed by atoms with van der Waals surface area (Å²) in [5, 5.41) is 1.21. The summed E-state index contributed by atoms with van der Waals surface area (Å²) in [4.78, 5) is 18.2. The van der Waals surface area contributed by atoms with Gasteiger partial charge in [0.05, 0.1) is 0 Å². The van der Waals surface area contributed by atoms with Crippen LogP contribution in [0.4, 0.5) is 4.39 Å². The fourth-order valence-electron chi connectivity index (χ4n) is 3.88. The molecule has 150 valence electrons. The molecule has 2 aromatic carbocycles. The highest BCUT2D eigenvalue weighted by atomic mass is 32.1. The molecular weight excluding hydrogens is 383 g/mol. The maximum absolute atomic E-state index is 13.1. The zero-order chi connectivity index (χ0) is 20.4. The number of halogens is 1. The Morgan fingerprint density at radius 1 is 1.10 bits per heavy atom. The number of carbonyl (C=O) groups excluding carboxylic acids is 1. The van der Waals surface area contributed by atoms with Crippen LogP contribution >= 0.6 is 11.3 Å². The van der Waals surface area contributed by atoms with Gasteiger partial charge in [0.1, 0.15) is 5.82 Å². The van der Waals surface area contributed by atoms with Crippen molar-refractivity contribution in [3.05, 3.63) is 76.9 Å². The molecule has 5 heteroatoms. The zero-order valence-corrected chi connectivity index (χ0v) is 17.5. The summed E-state index contributed by atoms with van der Waals surface area (Å²) in [6.07, 6.45) is 3.62. The SMILES string of the molecule is C[C@@H]1CN(Cc2ccc(F)cc2)[C@@H](C)CN1C(=O)/C=C/c1cc2ccccc2s1. The smallest absolute Gasteiger partial charge is 0.246 e. The van der Waals surface area contributed by atoms with E-state index in [0.29, 0.717) is 6.54 Å². The van der Waals surface area contributed by atoms with Gasteiger partial charge in [-0.3, -0.25) is 9.69 Å². The van der Waals surface area contributed by atoms with Crippen molar-refractivity contribution in [3.8, 4) is 0 Å². The molecule has 3 aromatic rings. The Morgan fingerprint density at radius 2 is 1.86 bits per heavy atom. The second kappa shape index (κ2) is 8.47. The highest BCUT2D eigenvalue weighted by Crippen LogP contribution is 2.26. The molecule has 0 spiro atoms. The van der Waals surface area contributed by atoms with Crippen LogP contribution in [-0.4, -0.2) is 40.9 Å². The average Bonchev–Trinajstić information content (AvgIpc) is 3.13. The maximum Gasteiger partial charge on any atom is 0.246 e. The third-order valence-corrected chi connectivity index (χ3v) is 6.61. The number of hydrogen-bond donors (Lipinski definition) is 0. The zero-order valence-electron chi connectivity index (χ0n) is 16.7. The van der Waals surface area contributed by atoms with Crippen molar-refractivity contribution in [1.82, 2.24) is 9.80 Å². The van der Waals surface area contributed by atoms with E-state index in [1.165, 1.54) is 22.2 Å². The van der Waals surface area contributed by atoms with E-state index in [4.69, 9.17) is 0 Å². The summed E-state index contributed by atoms with van der Waals surface area (Å²) in [6, 6.07) is 17.4. The molecule has 0 aliphatic carbocycles. The summed E-state index contributed by atoms with van der Waals surface area (Å²) in [5.74, 6) is -0.153. The number of piperazine rings is 1. The molecule has 4 rings (SSSR count). The predicted octanol–water partition coefficient (Wildman–Crippen LogP) is 5.18. The fourth-order valence-corrected chi connectivity index (χ4v) is 4.85. The largest absolute Gasteiger partial charge is 0.334 e. The van der Waals surface area contributed by atoms with Crippen molar-refractivity contribution in [2.75, 3.05) is 13.1 Å². The lowest BCUT2D eigenvalue weighted by atomic mass is 10.1. The van der Waals surface area contributed by atoms with Crippen molar-refractivity contribution in [3.63, 3.8) is 0 Å². The van der Waals surface area contributed by atoms with Crippen LogP contribution in [0, 0.1) is 5.82 Å². The average molecular weight is 409 g/mol. The summed E-state index contributed by atoms with van der Waals surface area (Å²) >= 11 is 1.70. The minimum atomic E-state index is -0.212. The van der Waals surface area contributed by atoms with Gasteiger partial charge in [0.25, 0.3) is 0 Å². The lowest BCUT2D eigenvalue weighted by Crippen LogP contribution is -2.57. The molecule has 2 atom stereocenters. The van der Waals surface area contributed by atoms with Crippen molar-refractivity contribution in [2.45, 2.75) is 32.5 Å². The molecule has 1 aromatic heterocycles. The number of rotatable bonds is 4. The fraction of sp³-hybridized carbons (Fsp3) is 0.292. The minimum absolute atomic E-state index is 0.0586. The number of benzene rings is 2. The number of thiophene rings is 1. The first-order valence-electron chi connectivity index (χ1n) is 9.95. The van der Waals surface area contributed by atoms with Gasteiger partial charge in [0, 0.05) is 47.4 Å². The molecule has 29 heavy (non-hydrogen) atoms. The summed E-state index contributed by atoms with van der Waals surface area (Å²) < 4.78 is 14.4. The molecule has 2 heterocycles. The van der Waals surface area contributed by atoms with Crippen LogP contribution < -0.4 is 0 Å². The lowest BCUT2D eigenvalue weighted by Gasteiger charge is -2.43. The van der Waals surface area contributed by atoms with Crippen LogP contribution in [0.1, 0.15) is 24.3 Å². The summed E-state index contributed by atoms with van der Waals surface area (Å²) in [7, 11) is 0. The molecule has 1 aliphatic rings.